The van der Waals surface area contributed by atoms with Crippen LogP contribution in [0.2, 0.25) is 0 Å². The molecule has 1 aromatic rings. The zero-order valence-corrected chi connectivity index (χ0v) is 19.8. The van der Waals surface area contributed by atoms with E-state index in [0.717, 1.165) is 11.3 Å². The monoisotopic (exact) mass is 401 g/mol. The maximum Gasteiger partial charge on any atom is 1.00 e. The van der Waals surface area contributed by atoms with Gasteiger partial charge in [0.15, 0.2) is 0 Å². The van der Waals surface area contributed by atoms with Crippen LogP contribution in [0, 0.1) is 22.2 Å². The van der Waals surface area contributed by atoms with Crippen LogP contribution >= 0.6 is 7.82 Å². The Bertz CT molecular complexity index is 792. The number of phosphoric acid groups is 1. The smallest absolute Gasteiger partial charge is 0.746 e. The zero-order valence-electron chi connectivity index (χ0n) is 16.9. The molecule has 0 saturated heterocycles. The van der Waals surface area contributed by atoms with Gasteiger partial charge in [0.2, 0.25) is 0 Å². The molecule has 1 heterocycles. The van der Waals surface area contributed by atoms with Gasteiger partial charge in [0.25, 0.3) is 0 Å². The van der Waals surface area contributed by atoms with Crippen LogP contribution in [0.25, 0.3) is 5.76 Å². The van der Waals surface area contributed by atoms with E-state index in [4.69, 9.17) is 14.5 Å². The minimum Gasteiger partial charge on any atom is -0.746 e. The molecule has 8 heteroatoms. The molecular weight excluding hydrogens is 376 g/mol. The van der Waals surface area contributed by atoms with Crippen LogP contribution in [0.4, 0.5) is 0 Å². The summed E-state index contributed by atoms with van der Waals surface area (Å²) >= 11 is 0. The molecule has 0 radical (unpaired) electrons. The second kappa shape index (κ2) is 9.13. The maximum absolute atomic E-state index is 11.9. The van der Waals surface area contributed by atoms with E-state index in [1.807, 2.05) is 12.1 Å². The van der Waals surface area contributed by atoms with Crippen LogP contribution in [0.3, 0.4) is 0 Å². The molecule has 1 unspecified atom stereocenters. The van der Waals surface area contributed by atoms with Gasteiger partial charge in [-0.1, -0.05) is 46.8 Å². The van der Waals surface area contributed by atoms with Gasteiger partial charge in [0.05, 0.1) is 25.7 Å². The molecule has 27 heavy (non-hydrogen) atoms. The summed E-state index contributed by atoms with van der Waals surface area (Å²) in [6.07, 6.45) is -0.0274. The summed E-state index contributed by atoms with van der Waals surface area (Å²) in [7, 11) is -4.53. The van der Waals surface area contributed by atoms with Crippen molar-refractivity contribution in [3.63, 3.8) is 0 Å². The summed E-state index contributed by atoms with van der Waals surface area (Å²) in [5, 5.41) is 8.46. The second-order valence-electron chi connectivity index (χ2n) is 7.93. The summed E-state index contributed by atoms with van der Waals surface area (Å²) in [5.74, 6) is 0.908. The first kappa shape index (κ1) is 24.2. The third-order valence-electron chi connectivity index (χ3n) is 4.01. The van der Waals surface area contributed by atoms with E-state index in [-0.39, 0.29) is 59.2 Å². The number of ether oxygens (including phenoxy) is 1. The zero-order chi connectivity index (χ0) is 19.6. The van der Waals surface area contributed by atoms with Gasteiger partial charge in [-0.05, 0) is 23.1 Å². The normalized spacial score (nSPS) is 18.1. The van der Waals surface area contributed by atoms with Crippen molar-refractivity contribution in [3.8, 4) is 11.8 Å². The third kappa shape index (κ3) is 6.35. The van der Waals surface area contributed by atoms with Crippen LogP contribution in [0.5, 0.6) is 5.75 Å². The molecule has 1 atom stereocenters. The van der Waals surface area contributed by atoms with Crippen molar-refractivity contribution in [2.45, 2.75) is 41.0 Å². The SMILES string of the molecule is CC(C)(C)C1=C(c2cccc(OP(=O)([O-])OCCC#N)c2)OCC1(C)C.[Na+]. The van der Waals surface area contributed by atoms with E-state index in [0.29, 0.717) is 6.61 Å². The fourth-order valence-corrected chi connectivity index (χ4v) is 4.08. The molecule has 1 aliphatic heterocycles. The number of hydrogen-bond donors (Lipinski definition) is 0. The first-order chi connectivity index (χ1) is 12.0. The van der Waals surface area contributed by atoms with Crippen LogP contribution in [0.15, 0.2) is 29.8 Å². The van der Waals surface area contributed by atoms with Gasteiger partial charge in [-0.15, -0.1) is 0 Å². The Morgan fingerprint density at radius 2 is 2.04 bits per heavy atom. The molecule has 0 bridgehead atoms. The number of benzene rings is 1. The summed E-state index contributed by atoms with van der Waals surface area (Å²) < 4.78 is 27.5. The molecule has 2 rings (SSSR count). The Kier molecular flexibility index (Phi) is 8.20. The van der Waals surface area contributed by atoms with Gasteiger partial charge >= 0.3 is 37.4 Å². The van der Waals surface area contributed by atoms with Gasteiger partial charge in [0.1, 0.15) is 11.5 Å². The molecule has 0 aliphatic carbocycles. The molecule has 0 spiro atoms. The van der Waals surface area contributed by atoms with Crippen LogP contribution in [0.1, 0.15) is 46.6 Å². The quantitative estimate of drug-likeness (QED) is 0.405. The minimum absolute atomic E-state index is 0. The molecular formula is C19H25NNaO5P. The fraction of sp³-hybridized carbons (Fsp3) is 0.526. The van der Waals surface area contributed by atoms with Crippen LogP contribution in [-0.4, -0.2) is 13.2 Å². The predicted molar refractivity (Wildman–Crippen MR) is 97.0 cm³/mol. The van der Waals surface area contributed by atoms with Gasteiger partial charge in [-0.2, -0.15) is 5.26 Å². The first-order valence-electron chi connectivity index (χ1n) is 8.47. The molecule has 1 aromatic carbocycles. The van der Waals surface area contributed by atoms with E-state index < -0.39 is 7.82 Å². The van der Waals surface area contributed by atoms with Crippen molar-refractivity contribution in [3.05, 3.63) is 35.4 Å². The number of nitriles is 1. The number of rotatable bonds is 6. The molecule has 6 nitrogen and oxygen atoms in total. The predicted octanol–water partition coefficient (Wildman–Crippen LogP) is 1.28. The van der Waals surface area contributed by atoms with E-state index >= 15 is 0 Å². The molecule has 0 N–H and O–H groups in total. The number of nitrogens with zero attached hydrogens (tertiary/aromatic N) is 1. The van der Waals surface area contributed by atoms with Crippen molar-refractivity contribution >= 4 is 13.6 Å². The van der Waals surface area contributed by atoms with Crippen LogP contribution < -0.4 is 39.0 Å². The maximum atomic E-state index is 11.9. The summed E-state index contributed by atoms with van der Waals surface area (Å²) in [6, 6.07) is 8.55. The Morgan fingerprint density at radius 3 is 2.63 bits per heavy atom. The summed E-state index contributed by atoms with van der Waals surface area (Å²) in [4.78, 5) is 11.9. The van der Waals surface area contributed by atoms with E-state index in [1.54, 1.807) is 18.2 Å². The van der Waals surface area contributed by atoms with E-state index in [9.17, 15) is 9.46 Å². The molecule has 0 amide bonds. The molecule has 1 aliphatic rings. The molecule has 142 valence electrons. The van der Waals surface area contributed by atoms with Gasteiger partial charge in [0, 0.05) is 11.0 Å². The molecule has 0 fully saturated rings. The Labute approximate surface area is 183 Å². The Hall–Kier alpha value is -0.800. The number of hydrogen-bond acceptors (Lipinski definition) is 6. The van der Waals surface area contributed by atoms with Crippen molar-refractivity contribution in [2.75, 3.05) is 13.2 Å². The van der Waals surface area contributed by atoms with Crippen molar-refractivity contribution in [2.24, 2.45) is 10.8 Å². The number of phosphoric ester groups is 1. The van der Waals surface area contributed by atoms with Crippen LogP contribution in [-0.2, 0) is 13.8 Å². The Morgan fingerprint density at radius 1 is 1.37 bits per heavy atom. The second-order valence-corrected chi connectivity index (χ2v) is 9.27. The summed E-state index contributed by atoms with van der Waals surface area (Å²) in [5.41, 5.74) is 1.73. The van der Waals surface area contributed by atoms with Gasteiger partial charge < -0.3 is 18.7 Å². The average molecular weight is 401 g/mol. The summed E-state index contributed by atoms with van der Waals surface area (Å²) in [6.45, 7) is 11.0. The minimum atomic E-state index is -4.53. The first-order valence-corrected chi connectivity index (χ1v) is 9.93. The average Bonchev–Trinajstić information content (AvgIpc) is 2.82. The third-order valence-corrected chi connectivity index (χ3v) is 4.94. The fourth-order valence-electron chi connectivity index (χ4n) is 3.34. The largest absolute Gasteiger partial charge is 1.00 e. The molecule has 0 saturated carbocycles. The van der Waals surface area contributed by atoms with Crippen molar-refractivity contribution < 1.29 is 52.8 Å². The topological polar surface area (TPSA) is 91.6 Å². The van der Waals surface area contributed by atoms with Crippen molar-refractivity contribution in [1.82, 2.24) is 0 Å². The standard InChI is InChI=1S/C19H26NO5P.Na/c1-18(2,3)17-16(23-13-19(17,4)5)14-8-6-9-15(12-14)25-26(21,22)24-11-7-10-20;/h6,8-9,12H,7,11,13H2,1-5H3,(H,21,22);/q;+1/p-1. The molecule has 0 aromatic heterocycles. The van der Waals surface area contributed by atoms with Gasteiger partial charge in [-0.3, -0.25) is 4.57 Å². The van der Waals surface area contributed by atoms with Gasteiger partial charge in [-0.25, -0.2) is 0 Å². The van der Waals surface area contributed by atoms with E-state index in [1.165, 1.54) is 5.57 Å². The van der Waals surface area contributed by atoms with Crippen molar-refractivity contribution in [1.29, 1.82) is 5.26 Å². The Balaban J connectivity index is 0.00000364. The van der Waals surface area contributed by atoms with E-state index in [2.05, 4.69) is 39.1 Å².